The first-order valence-electron chi connectivity index (χ1n) is 3.54. The van der Waals surface area contributed by atoms with Gasteiger partial charge in [0.05, 0.1) is 10.7 Å². The minimum absolute atomic E-state index is 0.155. The predicted octanol–water partition coefficient (Wildman–Crippen LogP) is 1.22. The van der Waals surface area contributed by atoms with Crippen molar-refractivity contribution in [3.05, 3.63) is 10.7 Å². The van der Waals surface area contributed by atoms with Gasteiger partial charge in [-0.2, -0.15) is 4.98 Å². The predicted molar refractivity (Wildman–Crippen MR) is 53.1 cm³/mol. The Kier molecular flexibility index (Phi) is 3.09. The average molecular weight is 242 g/mol. The number of ether oxygens (including phenoxy) is 1. The first kappa shape index (κ1) is 9.81. The molecule has 0 fully saturated rings. The molecule has 0 saturated heterocycles. The van der Waals surface area contributed by atoms with E-state index in [4.69, 9.17) is 16.9 Å². The van der Waals surface area contributed by atoms with E-state index in [0.717, 1.165) is 0 Å². The molecule has 2 N–H and O–H groups in total. The maximum atomic E-state index is 5.37. The van der Waals surface area contributed by atoms with Crippen LogP contribution in [-0.4, -0.2) is 16.1 Å². The molecule has 1 aromatic heterocycles. The van der Waals surface area contributed by atoms with Crippen molar-refractivity contribution in [2.75, 3.05) is 5.73 Å². The van der Waals surface area contributed by atoms with E-state index in [9.17, 15) is 0 Å². The zero-order valence-electron chi connectivity index (χ0n) is 6.99. The number of terminal acetylenes is 1. The Hall–Kier alpha value is -1.28. The van der Waals surface area contributed by atoms with E-state index >= 15 is 0 Å². The number of hydrogen-bond acceptors (Lipinski definition) is 4. The Bertz CT molecular complexity index is 348. The zero-order valence-corrected chi connectivity index (χ0v) is 8.58. The number of hydrogen-bond donors (Lipinski definition) is 1. The summed E-state index contributed by atoms with van der Waals surface area (Å²) in [4.78, 5) is 7.62. The summed E-state index contributed by atoms with van der Waals surface area (Å²) in [6.45, 7) is 1.74. The second-order valence-corrected chi connectivity index (χ2v) is 3.16. The van der Waals surface area contributed by atoms with Crippen molar-refractivity contribution in [1.82, 2.24) is 9.97 Å². The van der Waals surface area contributed by atoms with E-state index in [-0.39, 0.29) is 12.1 Å². The smallest absolute Gasteiger partial charge is 0.234 e. The molecule has 1 heterocycles. The van der Waals surface area contributed by atoms with E-state index in [1.165, 1.54) is 6.20 Å². The minimum atomic E-state index is -0.342. The van der Waals surface area contributed by atoms with Gasteiger partial charge in [-0.3, -0.25) is 0 Å². The van der Waals surface area contributed by atoms with E-state index < -0.39 is 0 Å². The van der Waals surface area contributed by atoms with Crippen LogP contribution in [0.4, 0.5) is 5.95 Å². The van der Waals surface area contributed by atoms with Crippen molar-refractivity contribution in [2.45, 2.75) is 13.0 Å². The number of halogens is 1. The van der Waals surface area contributed by atoms with Crippen LogP contribution >= 0.6 is 15.9 Å². The van der Waals surface area contributed by atoms with Crippen molar-refractivity contribution < 1.29 is 4.74 Å². The summed E-state index contributed by atoms with van der Waals surface area (Å²) < 4.78 is 5.89. The van der Waals surface area contributed by atoms with Gasteiger partial charge in [-0.05, 0) is 22.9 Å². The highest BCUT2D eigenvalue weighted by Crippen LogP contribution is 2.22. The summed E-state index contributed by atoms with van der Waals surface area (Å²) in [6.07, 6.45) is 6.32. The number of nitrogen functional groups attached to an aromatic ring is 1. The van der Waals surface area contributed by atoms with Crippen LogP contribution in [-0.2, 0) is 0 Å². The third-order valence-corrected chi connectivity index (χ3v) is 1.80. The first-order chi connectivity index (χ1) is 6.13. The second kappa shape index (κ2) is 4.10. The van der Waals surface area contributed by atoms with Crippen LogP contribution < -0.4 is 10.5 Å². The molecule has 0 amide bonds. The number of nitrogens with two attached hydrogens (primary N) is 1. The van der Waals surface area contributed by atoms with Crippen LogP contribution in [0.25, 0.3) is 0 Å². The van der Waals surface area contributed by atoms with E-state index in [1.807, 2.05) is 0 Å². The van der Waals surface area contributed by atoms with E-state index in [2.05, 4.69) is 31.8 Å². The van der Waals surface area contributed by atoms with Crippen LogP contribution in [0.5, 0.6) is 5.88 Å². The molecule has 4 nitrogen and oxygen atoms in total. The van der Waals surface area contributed by atoms with Crippen molar-refractivity contribution in [1.29, 1.82) is 0 Å². The van der Waals surface area contributed by atoms with Crippen LogP contribution in [0.3, 0.4) is 0 Å². The molecular weight excluding hydrogens is 234 g/mol. The van der Waals surface area contributed by atoms with Gasteiger partial charge in [0, 0.05) is 0 Å². The van der Waals surface area contributed by atoms with E-state index in [1.54, 1.807) is 6.92 Å². The molecule has 0 saturated carbocycles. The molecule has 0 aliphatic heterocycles. The quantitative estimate of drug-likeness (QED) is 0.792. The highest BCUT2D eigenvalue weighted by molar-refractivity contribution is 9.10. The lowest BCUT2D eigenvalue weighted by Gasteiger charge is -2.08. The molecule has 1 aromatic rings. The van der Waals surface area contributed by atoms with Crippen molar-refractivity contribution in [2.24, 2.45) is 0 Å². The Morgan fingerprint density at radius 2 is 2.46 bits per heavy atom. The van der Waals surface area contributed by atoms with Crippen LogP contribution in [0.2, 0.25) is 0 Å². The van der Waals surface area contributed by atoms with Gasteiger partial charge in [-0.1, -0.05) is 5.92 Å². The molecule has 0 aliphatic rings. The zero-order chi connectivity index (χ0) is 9.84. The first-order valence-corrected chi connectivity index (χ1v) is 4.33. The second-order valence-electron chi connectivity index (χ2n) is 2.31. The van der Waals surface area contributed by atoms with Gasteiger partial charge in [0.2, 0.25) is 11.8 Å². The lowest BCUT2D eigenvalue weighted by Crippen LogP contribution is -2.10. The molecule has 5 heteroatoms. The molecule has 0 aliphatic carbocycles. The Balaban J connectivity index is 2.88. The molecule has 0 bridgehead atoms. The van der Waals surface area contributed by atoms with Gasteiger partial charge in [0.15, 0.2) is 6.10 Å². The summed E-state index contributed by atoms with van der Waals surface area (Å²) >= 11 is 3.21. The van der Waals surface area contributed by atoms with Crippen LogP contribution in [0.15, 0.2) is 10.7 Å². The largest absolute Gasteiger partial charge is 0.461 e. The van der Waals surface area contributed by atoms with Gasteiger partial charge in [0.1, 0.15) is 0 Å². The molecular formula is C8H8BrN3O. The fourth-order valence-electron chi connectivity index (χ4n) is 0.648. The topological polar surface area (TPSA) is 61.0 Å². The SMILES string of the molecule is C#CC(C)Oc1nc(N)ncc1Br. The van der Waals surface area contributed by atoms with Gasteiger partial charge in [-0.15, -0.1) is 6.42 Å². The van der Waals surface area contributed by atoms with Crippen molar-refractivity contribution in [3.63, 3.8) is 0 Å². The van der Waals surface area contributed by atoms with E-state index in [0.29, 0.717) is 10.4 Å². The average Bonchev–Trinajstić information content (AvgIpc) is 2.11. The molecule has 0 radical (unpaired) electrons. The summed E-state index contributed by atoms with van der Waals surface area (Å²) in [5.74, 6) is 2.93. The third-order valence-electron chi connectivity index (χ3n) is 1.25. The molecule has 0 aromatic carbocycles. The van der Waals surface area contributed by atoms with Crippen molar-refractivity contribution >= 4 is 21.9 Å². The monoisotopic (exact) mass is 241 g/mol. The number of rotatable bonds is 2. The summed E-state index contributed by atoms with van der Waals surface area (Å²) in [7, 11) is 0. The molecule has 1 unspecified atom stereocenters. The number of anilines is 1. The van der Waals surface area contributed by atoms with Gasteiger partial charge in [-0.25, -0.2) is 4.98 Å². The Labute approximate surface area is 84.7 Å². The maximum Gasteiger partial charge on any atom is 0.234 e. The standard InChI is InChI=1S/C8H8BrN3O/c1-3-5(2)13-7-6(9)4-11-8(10)12-7/h1,4-5H,2H3,(H2,10,11,12). The minimum Gasteiger partial charge on any atom is -0.461 e. The molecule has 1 atom stereocenters. The number of nitrogens with zero attached hydrogens (tertiary/aromatic N) is 2. The molecule has 13 heavy (non-hydrogen) atoms. The number of aromatic nitrogens is 2. The van der Waals surface area contributed by atoms with Gasteiger partial charge < -0.3 is 10.5 Å². The summed E-state index contributed by atoms with van der Waals surface area (Å²) in [5.41, 5.74) is 5.37. The fourth-order valence-corrected chi connectivity index (χ4v) is 0.933. The normalized spacial score (nSPS) is 11.8. The van der Waals surface area contributed by atoms with Crippen LogP contribution in [0.1, 0.15) is 6.92 Å². The molecule has 1 rings (SSSR count). The van der Waals surface area contributed by atoms with Crippen molar-refractivity contribution in [3.8, 4) is 18.2 Å². The fraction of sp³-hybridized carbons (Fsp3) is 0.250. The molecule has 68 valence electrons. The lowest BCUT2D eigenvalue weighted by molar-refractivity contribution is 0.266. The van der Waals surface area contributed by atoms with Gasteiger partial charge in [0.25, 0.3) is 0 Å². The Morgan fingerprint density at radius 3 is 3.08 bits per heavy atom. The van der Waals surface area contributed by atoms with Gasteiger partial charge >= 0.3 is 0 Å². The summed E-state index contributed by atoms with van der Waals surface area (Å²) in [6, 6.07) is 0. The van der Waals surface area contributed by atoms with Crippen LogP contribution in [0, 0.1) is 12.3 Å². The molecule has 0 spiro atoms. The highest BCUT2D eigenvalue weighted by Gasteiger charge is 2.07. The Morgan fingerprint density at radius 1 is 1.77 bits per heavy atom. The lowest BCUT2D eigenvalue weighted by atomic mass is 10.4. The highest BCUT2D eigenvalue weighted by atomic mass is 79.9. The maximum absolute atomic E-state index is 5.37. The summed E-state index contributed by atoms with van der Waals surface area (Å²) in [5, 5.41) is 0. The third kappa shape index (κ3) is 2.60.